The summed E-state index contributed by atoms with van der Waals surface area (Å²) in [6, 6.07) is 6.16. The van der Waals surface area contributed by atoms with Crippen LogP contribution in [0.4, 0.5) is 0 Å². The Morgan fingerprint density at radius 3 is 2.92 bits per heavy atom. The van der Waals surface area contributed by atoms with Gasteiger partial charge in [-0.05, 0) is 35.7 Å². The van der Waals surface area contributed by atoms with Crippen molar-refractivity contribution in [2.45, 2.75) is 24.8 Å². The monoisotopic (exact) mass is 355 g/mol. The van der Waals surface area contributed by atoms with E-state index in [9.17, 15) is 4.79 Å². The third-order valence-electron chi connectivity index (χ3n) is 5.33. The number of rotatable bonds is 2. The van der Waals surface area contributed by atoms with Gasteiger partial charge in [-0.15, -0.1) is 11.3 Å². The van der Waals surface area contributed by atoms with Crippen LogP contribution in [0.2, 0.25) is 0 Å². The van der Waals surface area contributed by atoms with Crippen molar-refractivity contribution in [1.82, 2.24) is 14.5 Å². The molecule has 122 valence electrons. The predicted octanol–water partition coefficient (Wildman–Crippen LogP) is 3.86. The molecule has 0 radical (unpaired) electrons. The molecule has 1 atom stereocenters. The maximum Gasteiger partial charge on any atom is 0.254 e. The van der Waals surface area contributed by atoms with E-state index >= 15 is 0 Å². The smallest absolute Gasteiger partial charge is 0.254 e. The van der Waals surface area contributed by atoms with Crippen molar-refractivity contribution < 1.29 is 4.79 Å². The minimum atomic E-state index is 0.0428. The summed E-state index contributed by atoms with van der Waals surface area (Å²) in [5, 5.41) is 6.02. The number of fused-ring (bicyclic) bond motifs is 2. The molecular weight excluding hydrogens is 338 g/mol. The van der Waals surface area contributed by atoms with Crippen molar-refractivity contribution in [2.75, 3.05) is 13.1 Å². The molecule has 2 aliphatic rings. The van der Waals surface area contributed by atoms with E-state index in [4.69, 9.17) is 4.98 Å². The summed E-state index contributed by atoms with van der Waals surface area (Å²) < 4.78 is 2.37. The fourth-order valence-corrected chi connectivity index (χ4v) is 5.46. The average Bonchev–Trinajstić information content (AvgIpc) is 3.41. The number of imidazole rings is 1. The van der Waals surface area contributed by atoms with Crippen LogP contribution in [0, 0.1) is 0 Å². The first kappa shape index (κ1) is 14.4. The van der Waals surface area contributed by atoms with E-state index in [-0.39, 0.29) is 11.3 Å². The molecule has 3 aromatic heterocycles. The van der Waals surface area contributed by atoms with Crippen LogP contribution in [0.25, 0.3) is 10.6 Å². The number of hydrogen-bond donors (Lipinski definition) is 0. The molecule has 3 aromatic rings. The zero-order valence-electron chi connectivity index (χ0n) is 13.1. The van der Waals surface area contributed by atoms with Gasteiger partial charge in [-0.25, -0.2) is 4.98 Å². The van der Waals surface area contributed by atoms with Crippen molar-refractivity contribution in [2.24, 2.45) is 0 Å². The molecule has 0 N–H and O–H groups in total. The van der Waals surface area contributed by atoms with Gasteiger partial charge in [0.2, 0.25) is 0 Å². The highest BCUT2D eigenvalue weighted by atomic mass is 32.1. The van der Waals surface area contributed by atoms with Crippen LogP contribution < -0.4 is 0 Å². The Kier molecular flexibility index (Phi) is 3.18. The van der Waals surface area contributed by atoms with Gasteiger partial charge in [-0.1, -0.05) is 6.07 Å². The molecule has 1 saturated heterocycles. The molecule has 1 spiro atoms. The second-order valence-electron chi connectivity index (χ2n) is 6.62. The Balaban J connectivity index is 1.45. The SMILES string of the molecule is O=C(c1ccsc1)N1CC[C@@]2(CCn3c(-c4cccs4)cnc32)C1. The van der Waals surface area contributed by atoms with Crippen molar-refractivity contribution >= 4 is 28.6 Å². The molecule has 0 bridgehead atoms. The van der Waals surface area contributed by atoms with E-state index in [0.29, 0.717) is 0 Å². The average molecular weight is 355 g/mol. The first-order valence-corrected chi connectivity index (χ1v) is 10.0. The van der Waals surface area contributed by atoms with Crippen LogP contribution in [-0.4, -0.2) is 33.4 Å². The summed E-state index contributed by atoms with van der Waals surface area (Å²) in [4.78, 5) is 20.7. The molecule has 1 fully saturated rings. The molecule has 0 aromatic carbocycles. The second-order valence-corrected chi connectivity index (χ2v) is 8.34. The van der Waals surface area contributed by atoms with E-state index < -0.39 is 0 Å². The first-order chi connectivity index (χ1) is 11.8. The van der Waals surface area contributed by atoms with Gasteiger partial charge in [0.25, 0.3) is 5.91 Å². The molecule has 1 amide bonds. The molecule has 5 rings (SSSR count). The highest BCUT2D eigenvalue weighted by molar-refractivity contribution is 7.13. The number of hydrogen-bond acceptors (Lipinski definition) is 4. The van der Waals surface area contributed by atoms with E-state index in [0.717, 1.165) is 38.0 Å². The zero-order chi connectivity index (χ0) is 16.1. The number of aromatic nitrogens is 2. The molecular formula is C18H17N3OS2. The Bertz CT molecular complexity index is 882. The summed E-state index contributed by atoms with van der Waals surface area (Å²) in [5.74, 6) is 1.34. The lowest BCUT2D eigenvalue weighted by molar-refractivity contribution is 0.0783. The first-order valence-electron chi connectivity index (χ1n) is 8.18. The normalized spacial score (nSPS) is 22.4. The summed E-state index contributed by atoms with van der Waals surface area (Å²) in [5.41, 5.74) is 2.08. The van der Waals surface area contributed by atoms with Gasteiger partial charge in [0.05, 0.1) is 22.3 Å². The Labute approximate surface area is 148 Å². The quantitative estimate of drug-likeness (QED) is 0.700. The van der Waals surface area contributed by atoms with Crippen LogP contribution in [0.3, 0.4) is 0 Å². The van der Waals surface area contributed by atoms with E-state index in [2.05, 4.69) is 22.1 Å². The molecule has 0 aliphatic carbocycles. The minimum Gasteiger partial charge on any atom is -0.338 e. The second kappa shape index (κ2) is 5.29. The van der Waals surface area contributed by atoms with Gasteiger partial charge >= 0.3 is 0 Å². The summed E-state index contributed by atoms with van der Waals surface area (Å²) in [6.07, 6.45) is 4.11. The standard InChI is InChI=1S/C18H17N3OS2/c22-16(13-3-9-23-11-13)20-6-4-18(12-20)5-7-21-14(10-19-17(18)21)15-2-1-8-24-15/h1-3,8-11H,4-7,12H2/t18-/m1/s1. The highest BCUT2D eigenvalue weighted by Crippen LogP contribution is 2.44. The van der Waals surface area contributed by atoms with Crippen LogP contribution in [0.1, 0.15) is 29.0 Å². The number of nitrogens with zero attached hydrogens (tertiary/aromatic N) is 3. The fourth-order valence-electron chi connectivity index (χ4n) is 4.08. The van der Waals surface area contributed by atoms with E-state index in [1.807, 2.05) is 27.9 Å². The predicted molar refractivity (Wildman–Crippen MR) is 96.7 cm³/mol. The molecule has 5 heterocycles. The van der Waals surface area contributed by atoms with Gasteiger partial charge < -0.3 is 9.47 Å². The van der Waals surface area contributed by atoms with Gasteiger partial charge in [0.15, 0.2) is 0 Å². The topological polar surface area (TPSA) is 38.1 Å². The number of carbonyl (C=O) groups is 1. The summed E-state index contributed by atoms with van der Waals surface area (Å²) in [6.45, 7) is 2.63. The molecule has 6 heteroatoms. The van der Waals surface area contributed by atoms with E-state index in [1.165, 1.54) is 16.4 Å². The van der Waals surface area contributed by atoms with Crippen LogP contribution >= 0.6 is 22.7 Å². The molecule has 0 unspecified atom stereocenters. The lowest BCUT2D eigenvalue weighted by atomic mass is 9.85. The van der Waals surface area contributed by atoms with Gasteiger partial charge in [0.1, 0.15) is 5.82 Å². The molecule has 2 aliphatic heterocycles. The van der Waals surface area contributed by atoms with Crippen molar-refractivity contribution in [1.29, 1.82) is 0 Å². The Morgan fingerprint density at radius 1 is 1.21 bits per heavy atom. The Hall–Kier alpha value is -1.92. The largest absolute Gasteiger partial charge is 0.338 e. The molecule has 4 nitrogen and oxygen atoms in total. The molecule has 0 saturated carbocycles. The molecule has 24 heavy (non-hydrogen) atoms. The van der Waals surface area contributed by atoms with Crippen LogP contribution in [0.5, 0.6) is 0 Å². The third-order valence-corrected chi connectivity index (χ3v) is 6.90. The van der Waals surface area contributed by atoms with Gasteiger partial charge in [0, 0.05) is 30.4 Å². The minimum absolute atomic E-state index is 0.0428. The lowest BCUT2D eigenvalue weighted by Crippen LogP contribution is -2.33. The number of carbonyl (C=O) groups excluding carboxylic acids is 1. The van der Waals surface area contributed by atoms with Crippen molar-refractivity contribution in [3.8, 4) is 10.6 Å². The van der Waals surface area contributed by atoms with Crippen molar-refractivity contribution in [3.63, 3.8) is 0 Å². The highest BCUT2D eigenvalue weighted by Gasteiger charge is 2.48. The van der Waals surface area contributed by atoms with Crippen LogP contribution in [0.15, 0.2) is 40.5 Å². The maximum absolute atomic E-state index is 12.7. The Morgan fingerprint density at radius 2 is 2.12 bits per heavy atom. The summed E-state index contributed by atoms with van der Waals surface area (Å²) in [7, 11) is 0. The third kappa shape index (κ3) is 2.03. The van der Waals surface area contributed by atoms with Gasteiger partial charge in [-0.3, -0.25) is 4.79 Å². The maximum atomic E-state index is 12.7. The number of thiophene rings is 2. The zero-order valence-corrected chi connectivity index (χ0v) is 14.8. The summed E-state index contributed by atoms with van der Waals surface area (Å²) >= 11 is 3.34. The number of amides is 1. The van der Waals surface area contributed by atoms with Crippen LogP contribution in [-0.2, 0) is 12.0 Å². The fraction of sp³-hybridized carbons (Fsp3) is 0.333. The van der Waals surface area contributed by atoms with E-state index in [1.54, 1.807) is 22.7 Å². The number of likely N-dealkylation sites (tertiary alicyclic amines) is 1. The van der Waals surface area contributed by atoms with Crippen molar-refractivity contribution in [3.05, 3.63) is 51.9 Å². The van der Waals surface area contributed by atoms with Gasteiger partial charge in [-0.2, -0.15) is 11.3 Å². The lowest BCUT2D eigenvalue weighted by Gasteiger charge is -2.22.